The van der Waals surface area contributed by atoms with E-state index in [-0.39, 0.29) is 4.47 Å². The van der Waals surface area contributed by atoms with E-state index in [4.69, 9.17) is 0 Å². The van der Waals surface area contributed by atoms with Gasteiger partial charge in [0.2, 0.25) is 0 Å². The van der Waals surface area contributed by atoms with E-state index >= 15 is 0 Å². The lowest BCUT2D eigenvalue weighted by Crippen LogP contribution is -2.28. The van der Waals surface area contributed by atoms with Gasteiger partial charge in [-0.1, -0.05) is 0 Å². The molecule has 1 rings (SSSR count). The summed E-state index contributed by atoms with van der Waals surface area (Å²) >= 11 is 4.82. The molecule has 3 nitrogen and oxygen atoms in total. The third-order valence-electron chi connectivity index (χ3n) is 1.38. The van der Waals surface area contributed by atoms with Crippen LogP contribution in [-0.2, 0) is 10.1 Å². The molecule has 0 saturated carbocycles. The lowest BCUT2D eigenvalue weighted by molar-refractivity contribution is -0.0500. The van der Waals surface area contributed by atoms with E-state index in [1.165, 1.54) is 12.1 Å². The number of hydrogen-bond donors (Lipinski definition) is 0. The zero-order chi connectivity index (χ0) is 12.6. The van der Waals surface area contributed by atoms with Crippen LogP contribution in [0, 0.1) is 3.57 Å². The summed E-state index contributed by atoms with van der Waals surface area (Å²) in [5, 5.41) is 0. The molecule has 1 aromatic carbocycles. The third-order valence-corrected chi connectivity index (χ3v) is 3.63. The molecule has 0 aliphatic carbocycles. The predicted octanol–water partition coefficient (Wildman–Crippen LogP) is 3.28. The molecule has 90 valence electrons. The summed E-state index contributed by atoms with van der Waals surface area (Å²) in [6, 6.07) is 3.99. The fourth-order valence-corrected chi connectivity index (χ4v) is 2.67. The number of hydrogen-bond acceptors (Lipinski definition) is 3. The molecule has 0 N–H and O–H groups in total. The van der Waals surface area contributed by atoms with Crippen molar-refractivity contribution in [2.45, 2.75) is 5.51 Å². The average Bonchev–Trinajstić information content (AvgIpc) is 2.08. The molecule has 9 heteroatoms. The molecular weight excluding hydrogens is 428 g/mol. The van der Waals surface area contributed by atoms with Gasteiger partial charge in [0.15, 0.2) is 5.75 Å². The van der Waals surface area contributed by atoms with Crippen LogP contribution in [0.15, 0.2) is 22.7 Å². The molecular formula is C7H3BrF3IO3S. The van der Waals surface area contributed by atoms with Crippen molar-refractivity contribution in [3.05, 3.63) is 26.2 Å². The van der Waals surface area contributed by atoms with Gasteiger partial charge < -0.3 is 4.18 Å². The quantitative estimate of drug-likeness (QED) is 0.411. The highest BCUT2D eigenvalue weighted by Crippen LogP contribution is 2.32. The van der Waals surface area contributed by atoms with E-state index in [2.05, 4.69) is 20.1 Å². The molecule has 0 saturated heterocycles. The summed E-state index contributed by atoms with van der Waals surface area (Å²) in [6.07, 6.45) is 0. The van der Waals surface area contributed by atoms with Crippen LogP contribution in [0.3, 0.4) is 0 Å². The molecule has 0 amide bonds. The Bertz CT molecular complexity index is 500. The third kappa shape index (κ3) is 3.23. The molecule has 0 fully saturated rings. The van der Waals surface area contributed by atoms with Crippen molar-refractivity contribution in [3.63, 3.8) is 0 Å². The van der Waals surface area contributed by atoms with Crippen molar-refractivity contribution in [1.82, 2.24) is 0 Å². The Morgan fingerprint density at radius 3 is 2.31 bits per heavy atom. The SMILES string of the molecule is O=S(=O)(Oc1ccc(I)cc1Br)C(F)(F)F. The zero-order valence-electron chi connectivity index (χ0n) is 7.25. The van der Waals surface area contributed by atoms with E-state index in [0.29, 0.717) is 0 Å². The number of halogens is 5. The normalized spacial score (nSPS) is 12.6. The first-order chi connectivity index (χ1) is 7.13. The predicted molar refractivity (Wildman–Crippen MR) is 62.5 cm³/mol. The van der Waals surface area contributed by atoms with Gasteiger partial charge in [-0.25, -0.2) is 0 Å². The van der Waals surface area contributed by atoms with Crippen molar-refractivity contribution in [2.75, 3.05) is 0 Å². The average molecular weight is 431 g/mol. The highest BCUT2D eigenvalue weighted by Gasteiger charge is 2.48. The van der Waals surface area contributed by atoms with Gasteiger partial charge in [-0.05, 0) is 56.7 Å². The van der Waals surface area contributed by atoms with E-state index in [1.807, 2.05) is 22.6 Å². The van der Waals surface area contributed by atoms with Crippen LogP contribution in [0.1, 0.15) is 0 Å². The van der Waals surface area contributed by atoms with E-state index < -0.39 is 21.4 Å². The minimum atomic E-state index is -5.62. The van der Waals surface area contributed by atoms with Crippen LogP contribution in [-0.4, -0.2) is 13.9 Å². The second-order valence-electron chi connectivity index (χ2n) is 2.56. The van der Waals surface area contributed by atoms with Crippen LogP contribution in [0.25, 0.3) is 0 Å². The molecule has 0 radical (unpaired) electrons. The van der Waals surface area contributed by atoms with Crippen molar-refractivity contribution < 1.29 is 25.8 Å². The minimum absolute atomic E-state index is 0.132. The van der Waals surface area contributed by atoms with Crippen LogP contribution in [0.2, 0.25) is 0 Å². The van der Waals surface area contributed by atoms with Gasteiger partial charge in [0, 0.05) is 3.57 Å². The van der Waals surface area contributed by atoms with Gasteiger partial charge in [-0.2, -0.15) is 21.6 Å². The number of benzene rings is 1. The Morgan fingerprint density at radius 2 is 1.88 bits per heavy atom. The molecule has 0 bridgehead atoms. The molecule has 0 spiro atoms. The maximum absolute atomic E-state index is 12.0. The molecule has 0 aliphatic heterocycles. The highest BCUT2D eigenvalue weighted by molar-refractivity contribution is 14.1. The Labute approximate surface area is 111 Å². The van der Waals surface area contributed by atoms with Gasteiger partial charge >= 0.3 is 15.6 Å². The lowest BCUT2D eigenvalue weighted by atomic mass is 10.3. The van der Waals surface area contributed by atoms with Gasteiger partial charge in [-0.3, -0.25) is 0 Å². The van der Waals surface area contributed by atoms with Gasteiger partial charge in [0.25, 0.3) is 0 Å². The maximum Gasteiger partial charge on any atom is 0.534 e. The van der Waals surface area contributed by atoms with Gasteiger partial charge in [0.05, 0.1) is 4.47 Å². The maximum atomic E-state index is 12.0. The zero-order valence-corrected chi connectivity index (χ0v) is 11.8. The van der Waals surface area contributed by atoms with Crippen molar-refractivity contribution >= 4 is 48.6 Å². The Kier molecular flexibility index (Phi) is 4.11. The molecule has 0 heterocycles. The highest BCUT2D eigenvalue weighted by atomic mass is 127. The molecule has 0 aliphatic rings. The Hall–Kier alpha value is -0.0300. The summed E-state index contributed by atoms with van der Waals surface area (Å²) in [5.74, 6) is -0.405. The van der Waals surface area contributed by atoms with Gasteiger partial charge in [-0.15, -0.1) is 0 Å². The van der Waals surface area contributed by atoms with Crippen molar-refractivity contribution in [1.29, 1.82) is 0 Å². The topological polar surface area (TPSA) is 43.4 Å². The lowest BCUT2D eigenvalue weighted by Gasteiger charge is -2.10. The fraction of sp³-hybridized carbons (Fsp3) is 0.143. The smallest absolute Gasteiger partial charge is 0.375 e. The van der Waals surface area contributed by atoms with E-state index in [9.17, 15) is 21.6 Å². The molecule has 0 atom stereocenters. The van der Waals surface area contributed by atoms with Crippen molar-refractivity contribution in [2.24, 2.45) is 0 Å². The summed E-state index contributed by atoms with van der Waals surface area (Å²) in [5.41, 5.74) is -5.44. The van der Waals surface area contributed by atoms with Crippen molar-refractivity contribution in [3.8, 4) is 5.75 Å². The second-order valence-corrected chi connectivity index (χ2v) is 6.20. The molecule has 0 unspecified atom stereocenters. The molecule has 1 aromatic rings. The largest absolute Gasteiger partial charge is 0.534 e. The van der Waals surface area contributed by atoms with Crippen LogP contribution >= 0.6 is 38.5 Å². The first-order valence-corrected chi connectivity index (χ1v) is 6.87. The summed E-state index contributed by atoms with van der Waals surface area (Å²) in [6.45, 7) is 0. The van der Waals surface area contributed by atoms with Gasteiger partial charge in [0.1, 0.15) is 0 Å². The number of rotatable bonds is 2. The first-order valence-electron chi connectivity index (χ1n) is 3.59. The Morgan fingerprint density at radius 1 is 1.31 bits per heavy atom. The summed E-state index contributed by atoms with van der Waals surface area (Å²) in [7, 11) is -5.62. The molecule has 16 heavy (non-hydrogen) atoms. The Balaban J connectivity index is 3.07. The van der Waals surface area contributed by atoms with Crippen LogP contribution in [0.4, 0.5) is 13.2 Å². The van der Waals surface area contributed by atoms with E-state index in [0.717, 1.165) is 9.64 Å². The monoisotopic (exact) mass is 430 g/mol. The first kappa shape index (κ1) is 14.0. The second kappa shape index (κ2) is 4.69. The minimum Gasteiger partial charge on any atom is -0.375 e. The van der Waals surface area contributed by atoms with E-state index in [1.54, 1.807) is 0 Å². The van der Waals surface area contributed by atoms with Crippen LogP contribution < -0.4 is 4.18 Å². The summed E-state index contributed by atoms with van der Waals surface area (Å²) in [4.78, 5) is 0. The molecule has 0 aromatic heterocycles. The number of alkyl halides is 3. The fourth-order valence-electron chi connectivity index (χ4n) is 0.708. The summed E-state index contributed by atoms with van der Waals surface area (Å²) < 4.78 is 62.2. The standard InChI is InChI=1S/C7H3BrF3IO3S/c8-5-3-4(12)1-2-6(5)15-16(13,14)7(9,10)11/h1-3H. The van der Waals surface area contributed by atoms with Crippen LogP contribution in [0.5, 0.6) is 5.75 Å².